The van der Waals surface area contributed by atoms with Crippen LogP contribution < -0.4 is 5.32 Å². The molecule has 0 radical (unpaired) electrons. The highest BCUT2D eigenvalue weighted by atomic mass is 15.0. The Labute approximate surface area is 200 Å². The Bertz CT molecular complexity index is 1560. The SMILES string of the molecule is c1ccc(CNCc2cccc(-n3c4ccccc4c4ccc(-c5ccccc5)cc43)c2)cc1. The number of hydrogen-bond acceptors (Lipinski definition) is 1. The van der Waals surface area contributed by atoms with Crippen LogP contribution in [-0.2, 0) is 13.1 Å². The van der Waals surface area contributed by atoms with E-state index >= 15 is 0 Å². The fraction of sp³-hybridized carbons (Fsp3) is 0.0625. The zero-order valence-electron chi connectivity index (χ0n) is 19.0. The second-order valence-electron chi connectivity index (χ2n) is 8.71. The van der Waals surface area contributed by atoms with E-state index in [1.54, 1.807) is 0 Å². The molecule has 1 aromatic heterocycles. The lowest BCUT2D eigenvalue weighted by molar-refractivity contribution is 0.693. The predicted octanol–water partition coefficient (Wildman–Crippen LogP) is 7.74. The second kappa shape index (κ2) is 9.01. The molecule has 0 aliphatic rings. The highest BCUT2D eigenvalue weighted by Crippen LogP contribution is 2.34. The van der Waals surface area contributed by atoms with E-state index in [4.69, 9.17) is 0 Å². The molecule has 6 aromatic rings. The van der Waals surface area contributed by atoms with Crippen LogP contribution in [0.2, 0.25) is 0 Å². The van der Waals surface area contributed by atoms with Crippen molar-refractivity contribution in [3.8, 4) is 16.8 Å². The fourth-order valence-electron chi connectivity index (χ4n) is 4.81. The van der Waals surface area contributed by atoms with E-state index in [9.17, 15) is 0 Å². The van der Waals surface area contributed by atoms with Crippen LogP contribution in [0, 0.1) is 0 Å². The van der Waals surface area contributed by atoms with Crippen LogP contribution in [0.4, 0.5) is 0 Å². The summed E-state index contributed by atoms with van der Waals surface area (Å²) < 4.78 is 2.40. The summed E-state index contributed by atoms with van der Waals surface area (Å²) in [5.41, 5.74) is 8.70. The van der Waals surface area contributed by atoms with Crippen LogP contribution in [-0.4, -0.2) is 4.57 Å². The molecular weight excluding hydrogens is 412 g/mol. The van der Waals surface area contributed by atoms with Gasteiger partial charge in [0.2, 0.25) is 0 Å². The number of para-hydroxylation sites is 1. The van der Waals surface area contributed by atoms with Crippen LogP contribution in [0.5, 0.6) is 0 Å². The monoisotopic (exact) mass is 438 g/mol. The van der Waals surface area contributed by atoms with Crippen molar-refractivity contribution in [3.63, 3.8) is 0 Å². The third-order valence-corrected chi connectivity index (χ3v) is 6.45. The number of rotatable bonds is 6. The first kappa shape index (κ1) is 20.5. The fourth-order valence-corrected chi connectivity index (χ4v) is 4.81. The van der Waals surface area contributed by atoms with Crippen molar-refractivity contribution in [1.82, 2.24) is 9.88 Å². The molecule has 5 aromatic carbocycles. The molecule has 164 valence electrons. The Morgan fingerprint density at radius 3 is 2.00 bits per heavy atom. The lowest BCUT2D eigenvalue weighted by atomic mass is 10.0. The van der Waals surface area contributed by atoms with E-state index in [0.717, 1.165) is 13.1 Å². The Hall–Kier alpha value is -4.14. The number of benzene rings is 5. The maximum absolute atomic E-state index is 3.59. The van der Waals surface area contributed by atoms with Crippen LogP contribution in [0.15, 0.2) is 127 Å². The van der Waals surface area contributed by atoms with Crippen LogP contribution >= 0.6 is 0 Å². The molecule has 0 fully saturated rings. The van der Waals surface area contributed by atoms with Gasteiger partial charge in [0.05, 0.1) is 11.0 Å². The Morgan fingerprint density at radius 2 is 1.15 bits per heavy atom. The number of nitrogens with zero attached hydrogens (tertiary/aromatic N) is 1. The van der Waals surface area contributed by atoms with Gasteiger partial charge in [-0.2, -0.15) is 0 Å². The van der Waals surface area contributed by atoms with E-state index in [2.05, 4.69) is 137 Å². The van der Waals surface area contributed by atoms with Gasteiger partial charge in [0, 0.05) is 29.5 Å². The van der Waals surface area contributed by atoms with Gasteiger partial charge in [-0.05, 0) is 46.5 Å². The largest absolute Gasteiger partial charge is 0.309 e. The van der Waals surface area contributed by atoms with Gasteiger partial charge in [-0.15, -0.1) is 0 Å². The van der Waals surface area contributed by atoms with Crippen molar-refractivity contribution in [1.29, 1.82) is 0 Å². The molecule has 0 bridgehead atoms. The van der Waals surface area contributed by atoms with Crippen LogP contribution in [0.3, 0.4) is 0 Å². The summed E-state index contributed by atoms with van der Waals surface area (Å²) in [4.78, 5) is 0. The molecule has 0 spiro atoms. The molecule has 0 unspecified atom stereocenters. The normalized spacial score (nSPS) is 11.3. The lowest BCUT2D eigenvalue weighted by Crippen LogP contribution is -2.12. The molecule has 0 aliphatic carbocycles. The van der Waals surface area contributed by atoms with Crippen molar-refractivity contribution in [2.45, 2.75) is 13.1 Å². The van der Waals surface area contributed by atoms with Crippen molar-refractivity contribution in [2.24, 2.45) is 0 Å². The summed E-state index contributed by atoms with van der Waals surface area (Å²) >= 11 is 0. The average Bonchev–Trinajstić information content (AvgIpc) is 3.24. The van der Waals surface area contributed by atoms with Crippen molar-refractivity contribution in [3.05, 3.63) is 139 Å². The molecule has 1 N–H and O–H groups in total. The summed E-state index contributed by atoms with van der Waals surface area (Å²) in [5.74, 6) is 0. The number of nitrogens with one attached hydrogen (secondary N) is 1. The van der Waals surface area contributed by atoms with Crippen LogP contribution in [0.1, 0.15) is 11.1 Å². The molecule has 6 rings (SSSR count). The van der Waals surface area contributed by atoms with E-state index in [0.29, 0.717) is 0 Å². The third kappa shape index (κ3) is 3.89. The van der Waals surface area contributed by atoms with Gasteiger partial charge in [-0.25, -0.2) is 0 Å². The Balaban J connectivity index is 1.41. The number of hydrogen-bond donors (Lipinski definition) is 1. The predicted molar refractivity (Wildman–Crippen MR) is 143 cm³/mol. The maximum Gasteiger partial charge on any atom is 0.0547 e. The lowest BCUT2D eigenvalue weighted by Gasteiger charge is -2.11. The standard InChI is InChI=1S/C32H26N2/c1-3-10-24(11-4-1)22-33-23-25-12-9-15-28(20-25)34-31-17-8-7-16-29(31)30-19-18-27(21-32(30)34)26-13-5-2-6-14-26/h1-21,33H,22-23H2. The van der Waals surface area contributed by atoms with Gasteiger partial charge in [0.1, 0.15) is 0 Å². The molecule has 0 aliphatic heterocycles. The van der Waals surface area contributed by atoms with Gasteiger partial charge in [-0.3, -0.25) is 0 Å². The molecule has 0 amide bonds. The smallest absolute Gasteiger partial charge is 0.0547 e. The average molecular weight is 439 g/mol. The molecule has 2 heteroatoms. The van der Waals surface area contributed by atoms with Gasteiger partial charge < -0.3 is 9.88 Å². The van der Waals surface area contributed by atoms with Crippen molar-refractivity contribution < 1.29 is 0 Å². The highest BCUT2D eigenvalue weighted by molar-refractivity contribution is 6.10. The van der Waals surface area contributed by atoms with Gasteiger partial charge in [0.25, 0.3) is 0 Å². The molecule has 0 saturated heterocycles. The first-order valence-electron chi connectivity index (χ1n) is 11.8. The first-order valence-corrected chi connectivity index (χ1v) is 11.8. The van der Waals surface area contributed by atoms with E-state index in [1.807, 2.05) is 0 Å². The minimum Gasteiger partial charge on any atom is -0.309 e. The molecule has 1 heterocycles. The Kier molecular flexibility index (Phi) is 5.42. The Morgan fingerprint density at radius 1 is 0.471 bits per heavy atom. The van der Waals surface area contributed by atoms with Gasteiger partial charge >= 0.3 is 0 Å². The molecule has 0 atom stereocenters. The summed E-state index contributed by atoms with van der Waals surface area (Å²) in [6, 6.07) is 45.6. The van der Waals surface area contributed by atoms with Crippen LogP contribution in [0.25, 0.3) is 38.6 Å². The minimum atomic E-state index is 0.829. The van der Waals surface area contributed by atoms with E-state index in [-0.39, 0.29) is 0 Å². The zero-order chi connectivity index (χ0) is 22.7. The molecule has 0 saturated carbocycles. The quantitative estimate of drug-likeness (QED) is 0.281. The zero-order valence-corrected chi connectivity index (χ0v) is 19.0. The van der Waals surface area contributed by atoms with E-state index in [1.165, 1.54) is 49.7 Å². The third-order valence-electron chi connectivity index (χ3n) is 6.45. The second-order valence-corrected chi connectivity index (χ2v) is 8.71. The molecule has 2 nitrogen and oxygen atoms in total. The van der Waals surface area contributed by atoms with E-state index < -0.39 is 0 Å². The summed E-state index contributed by atoms with van der Waals surface area (Å²) in [7, 11) is 0. The minimum absolute atomic E-state index is 0.829. The number of aromatic nitrogens is 1. The van der Waals surface area contributed by atoms with Crippen molar-refractivity contribution in [2.75, 3.05) is 0 Å². The topological polar surface area (TPSA) is 17.0 Å². The molecular formula is C32H26N2. The highest BCUT2D eigenvalue weighted by Gasteiger charge is 2.13. The summed E-state index contributed by atoms with van der Waals surface area (Å²) in [5, 5.41) is 6.15. The van der Waals surface area contributed by atoms with Crippen molar-refractivity contribution >= 4 is 21.8 Å². The first-order chi connectivity index (χ1) is 16.9. The number of fused-ring (bicyclic) bond motifs is 3. The summed E-state index contributed by atoms with van der Waals surface area (Å²) in [6.07, 6.45) is 0. The van der Waals surface area contributed by atoms with Gasteiger partial charge in [-0.1, -0.05) is 103 Å². The summed E-state index contributed by atoms with van der Waals surface area (Å²) in [6.45, 7) is 1.69. The maximum atomic E-state index is 3.59. The van der Waals surface area contributed by atoms with Gasteiger partial charge in [0.15, 0.2) is 0 Å². The molecule has 34 heavy (non-hydrogen) atoms.